The molecule has 35 heavy (non-hydrogen) atoms. The van der Waals surface area contributed by atoms with Crippen molar-refractivity contribution in [2.75, 3.05) is 6.54 Å². The van der Waals surface area contributed by atoms with E-state index in [4.69, 9.17) is 11.5 Å². The number of nitrogens with one attached hydrogen (secondary N) is 3. The maximum Gasteiger partial charge on any atom is 0.326 e. The summed E-state index contributed by atoms with van der Waals surface area (Å²) in [6.07, 6.45) is -0.235. The fraction of sp³-hybridized carbons (Fsp3) is 0.292. The number of amides is 4. The number of aliphatic carboxylic acids is 1. The molecule has 4 amide bonds. The molecule has 2 aromatic rings. The van der Waals surface area contributed by atoms with Gasteiger partial charge in [-0.1, -0.05) is 60.7 Å². The number of benzene rings is 2. The van der Waals surface area contributed by atoms with Crippen molar-refractivity contribution in [3.63, 3.8) is 0 Å². The van der Waals surface area contributed by atoms with Gasteiger partial charge in [-0.15, -0.1) is 0 Å². The Morgan fingerprint density at radius 1 is 0.771 bits per heavy atom. The van der Waals surface area contributed by atoms with E-state index in [-0.39, 0.29) is 12.8 Å². The van der Waals surface area contributed by atoms with Crippen LogP contribution in [-0.4, -0.2) is 59.4 Å². The molecule has 3 atom stereocenters. The van der Waals surface area contributed by atoms with Crippen molar-refractivity contribution >= 4 is 29.6 Å². The minimum Gasteiger partial charge on any atom is -0.480 e. The molecule has 0 spiro atoms. The number of primary amides is 1. The third-order valence-corrected chi connectivity index (χ3v) is 5.01. The van der Waals surface area contributed by atoms with Gasteiger partial charge in [-0.3, -0.25) is 19.2 Å². The van der Waals surface area contributed by atoms with Crippen molar-refractivity contribution in [3.8, 4) is 0 Å². The van der Waals surface area contributed by atoms with E-state index in [1.165, 1.54) is 0 Å². The molecule has 0 aromatic heterocycles. The summed E-state index contributed by atoms with van der Waals surface area (Å²) in [6.45, 7) is -0.508. The summed E-state index contributed by atoms with van der Waals surface area (Å²) in [6, 6.07) is 14.1. The van der Waals surface area contributed by atoms with Gasteiger partial charge in [-0.05, 0) is 11.1 Å². The second kappa shape index (κ2) is 13.5. The number of rotatable bonds is 13. The summed E-state index contributed by atoms with van der Waals surface area (Å²) in [5.41, 5.74) is 12.2. The normalized spacial score (nSPS) is 13.1. The van der Waals surface area contributed by atoms with Crippen molar-refractivity contribution in [2.45, 2.75) is 37.4 Å². The van der Waals surface area contributed by atoms with E-state index in [1.54, 1.807) is 60.7 Å². The summed E-state index contributed by atoms with van der Waals surface area (Å²) < 4.78 is 0. The highest BCUT2D eigenvalue weighted by Crippen LogP contribution is 2.05. The van der Waals surface area contributed by atoms with Crippen LogP contribution in [0.25, 0.3) is 0 Å². The van der Waals surface area contributed by atoms with E-state index < -0.39 is 60.7 Å². The average molecular weight is 484 g/mol. The van der Waals surface area contributed by atoms with Gasteiger partial charge in [0.15, 0.2) is 0 Å². The van der Waals surface area contributed by atoms with Crippen LogP contribution in [0.4, 0.5) is 0 Å². The molecule has 0 radical (unpaired) electrons. The molecule has 0 saturated heterocycles. The van der Waals surface area contributed by atoms with Gasteiger partial charge >= 0.3 is 5.97 Å². The Morgan fingerprint density at radius 3 is 1.77 bits per heavy atom. The summed E-state index contributed by atoms with van der Waals surface area (Å²) in [5.74, 6) is -4.13. The number of carbonyl (C=O) groups excluding carboxylic acids is 4. The fourth-order valence-electron chi connectivity index (χ4n) is 3.23. The zero-order valence-electron chi connectivity index (χ0n) is 19.0. The average Bonchev–Trinajstić information content (AvgIpc) is 2.82. The van der Waals surface area contributed by atoms with Gasteiger partial charge in [0.2, 0.25) is 23.6 Å². The molecule has 2 rings (SSSR count). The summed E-state index contributed by atoms with van der Waals surface area (Å²) in [7, 11) is 0. The van der Waals surface area contributed by atoms with Gasteiger partial charge in [-0.25, -0.2) is 4.79 Å². The minimum absolute atomic E-state index is 0.0697. The van der Waals surface area contributed by atoms with E-state index in [0.717, 1.165) is 11.1 Å². The van der Waals surface area contributed by atoms with Gasteiger partial charge in [0.1, 0.15) is 12.1 Å². The van der Waals surface area contributed by atoms with Crippen LogP contribution in [-0.2, 0) is 36.8 Å². The predicted molar refractivity (Wildman–Crippen MR) is 127 cm³/mol. The molecule has 11 heteroatoms. The third-order valence-electron chi connectivity index (χ3n) is 5.01. The Labute approximate surface area is 202 Å². The molecule has 0 saturated carbocycles. The lowest BCUT2D eigenvalue weighted by atomic mass is 10.0. The number of nitrogens with two attached hydrogens (primary N) is 2. The molecular weight excluding hydrogens is 454 g/mol. The molecule has 11 nitrogen and oxygen atoms in total. The molecule has 0 aliphatic rings. The van der Waals surface area contributed by atoms with Crippen LogP contribution in [0.15, 0.2) is 60.7 Å². The van der Waals surface area contributed by atoms with Crippen molar-refractivity contribution in [1.82, 2.24) is 16.0 Å². The van der Waals surface area contributed by atoms with E-state index in [9.17, 15) is 29.1 Å². The number of hydrogen-bond donors (Lipinski definition) is 6. The number of carboxylic acids is 1. The fourth-order valence-corrected chi connectivity index (χ4v) is 3.23. The van der Waals surface area contributed by atoms with Crippen LogP contribution in [0.1, 0.15) is 17.5 Å². The number of carboxylic acid groups (broad SMARTS) is 1. The highest BCUT2D eigenvalue weighted by Gasteiger charge is 2.26. The largest absolute Gasteiger partial charge is 0.480 e. The van der Waals surface area contributed by atoms with Crippen molar-refractivity contribution in [3.05, 3.63) is 71.8 Å². The summed E-state index contributed by atoms with van der Waals surface area (Å²) in [4.78, 5) is 60.1. The first-order valence-corrected chi connectivity index (χ1v) is 10.9. The number of carbonyl (C=O) groups is 5. The minimum atomic E-state index is -1.24. The van der Waals surface area contributed by atoms with Crippen molar-refractivity contribution < 1.29 is 29.1 Å². The SMILES string of the molecule is NC(=O)CC(N)C(=O)NC(Cc1ccccc1)C(=O)NCC(=O)NC(Cc1ccccc1)C(=O)O. The second-order valence-electron chi connectivity index (χ2n) is 7.89. The topological polar surface area (TPSA) is 194 Å². The second-order valence-corrected chi connectivity index (χ2v) is 7.89. The molecule has 186 valence electrons. The van der Waals surface area contributed by atoms with Crippen LogP contribution >= 0.6 is 0 Å². The maximum absolute atomic E-state index is 12.8. The van der Waals surface area contributed by atoms with E-state index in [2.05, 4.69) is 16.0 Å². The van der Waals surface area contributed by atoms with Crippen molar-refractivity contribution in [2.24, 2.45) is 11.5 Å². The highest BCUT2D eigenvalue weighted by atomic mass is 16.4. The van der Waals surface area contributed by atoms with Crippen LogP contribution in [0.3, 0.4) is 0 Å². The van der Waals surface area contributed by atoms with Gasteiger partial charge in [0.05, 0.1) is 19.0 Å². The Bertz CT molecular complexity index is 1030. The Hall–Kier alpha value is -4.25. The lowest BCUT2D eigenvalue weighted by Gasteiger charge is -2.21. The highest BCUT2D eigenvalue weighted by molar-refractivity contribution is 5.94. The lowest BCUT2D eigenvalue weighted by molar-refractivity contribution is -0.141. The van der Waals surface area contributed by atoms with Gasteiger partial charge in [0, 0.05) is 12.8 Å². The molecule has 0 aliphatic heterocycles. The van der Waals surface area contributed by atoms with Crippen molar-refractivity contribution in [1.29, 1.82) is 0 Å². The standard InChI is InChI=1S/C24H29N5O6/c25-17(13-20(26)30)22(32)29-18(11-15-7-3-1-4-8-15)23(33)27-14-21(31)28-19(24(34)35)12-16-9-5-2-6-10-16/h1-10,17-19H,11-14,25H2,(H2,26,30)(H,27,33)(H,28,31)(H,29,32)(H,34,35). The molecule has 0 fully saturated rings. The van der Waals surface area contributed by atoms with Gasteiger partial charge in [-0.2, -0.15) is 0 Å². The first-order valence-electron chi connectivity index (χ1n) is 10.9. The van der Waals surface area contributed by atoms with Gasteiger partial charge < -0.3 is 32.5 Å². The van der Waals surface area contributed by atoms with E-state index in [1.807, 2.05) is 0 Å². The monoisotopic (exact) mass is 483 g/mol. The third kappa shape index (κ3) is 9.64. The summed E-state index contributed by atoms with van der Waals surface area (Å²) in [5, 5.41) is 16.7. The number of hydrogen-bond acceptors (Lipinski definition) is 6. The van der Waals surface area contributed by atoms with E-state index in [0.29, 0.717) is 0 Å². The quantitative estimate of drug-likeness (QED) is 0.207. The Kier molecular flexibility index (Phi) is 10.4. The lowest BCUT2D eigenvalue weighted by Crippen LogP contribution is -2.54. The molecule has 0 aliphatic carbocycles. The van der Waals surface area contributed by atoms with Gasteiger partial charge in [0.25, 0.3) is 0 Å². The van der Waals surface area contributed by atoms with Crippen LogP contribution in [0, 0.1) is 0 Å². The molecule has 0 heterocycles. The smallest absolute Gasteiger partial charge is 0.326 e. The zero-order chi connectivity index (χ0) is 25.8. The van der Waals surface area contributed by atoms with Crippen LogP contribution in [0.5, 0.6) is 0 Å². The Balaban J connectivity index is 2.00. The first-order chi connectivity index (χ1) is 16.7. The predicted octanol–water partition coefficient (Wildman–Crippen LogP) is -1.16. The Morgan fingerprint density at radius 2 is 1.29 bits per heavy atom. The molecule has 2 aromatic carbocycles. The molecule has 0 bridgehead atoms. The molecule has 3 unspecified atom stereocenters. The molecular formula is C24H29N5O6. The van der Waals surface area contributed by atoms with Crippen LogP contribution < -0.4 is 27.4 Å². The maximum atomic E-state index is 12.8. The zero-order valence-corrected chi connectivity index (χ0v) is 19.0. The van der Waals surface area contributed by atoms with E-state index >= 15 is 0 Å². The van der Waals surface area contributed by atoms with Crippen LogP contribution in [0.2, 0.25) is 0 Å². The molecule has 8 N–H and O–H groups in total. The first kappa shape index (κ1) is 27.0. The summed E-state index contributed by atoms with van der Waals surface area (Å²) >= 11 is 0.